The van der Waals surface area contributed by atoms with Gasteiger partial charge >= 0.3 is 6.09 Å². The van der Waals surface area contributed by atoms with Crippen LogP contribution in [0.4, 0.5) is 4.79 Å². The summed E-state index contributed by atoms with van der Waals surface area (Å²) in [5.74, 6) is -1.42. The van der Waals surface area contributed by atoms with Crippen LogP contribution in [0.3, 0.4) is 0 Å². The Morgan fingerprint density at radius 2 is 1.61 bits per heavy atom. The summed E-state index contributed by atoms with van der Waals surface area (Å²) in [6, 6.07) is 13.3. The van der Waals surface area contributed by atoms with Crippen LogP contribution in [0.1, 0.15) is 88.1 Å². The van der Waals surface area contributed by atoms with Gasteiger partial charge in [0.25, 0.3) is 0 Å². The first-order valence-electron chi connectivity index (χ1n) is 14.3. The molecule has 4 N–H and O–H groups in total. The number of hydrogen-bond acceptors (Lipinski definition) is 5. The summed E-state index contributed by atoms with van der Waals surface area (Å²) in [7, 11) is 0. The molecule has 0 radical (unpaired) electrons. The Morgan fingerprint density at radius 1 is 0.976 bits per heavy atom. The molecule has 0 bridgehead atoms. The summed E-state index contributed by atoms with van der Waals surface area (Å²) in [4.78, 5) is 54.1. The maximum atomic E-state index is 14.2. The highest BCUT2D eigenvalue weighted by Gasteiger charge is 2.36. The third-order valence-electron chi connectivity index (χ3n) is 6.38. The quantitative estimate of drug-likeness (QED) is 0.282. The standard InChI is InChI=1S/C32H46N4O5/c1-7-8-12-17-36(30(39)26(15-16-27(33)37)35-31(40)41-32(4,5)6)28(25-19-22(2)18-23(3)20-25)29(38)34-21-24-13-10-9-11-14-24/h9-11,13-14,18-20,26,28H,7-8,12,15-17,21H2,1-6H3,(H2,33,37)(H,34,38)(H,35,40). The monoisotopic (exact) mass is 566 g/mol. The summed E-state index contributed by atoms with van der Waals surface area (Å²) in [6.45, 7) is 11.7. The van der Waals surface area contributed by atoms with E-state index in [1.807, 2.05) is 62.4 Å². The topological polar surface area (TPSA) is 131 Å². The van der Waals surface area contributed by atoms with Gasteiger partial charge in [-0.2, -0.15) is 0 Å². The van der Waals surface area contributed by atoms with Crippen molar-refractivity contribution < 1.29 is 23.9 Å². The van der Waals surface area contributed by atoms with Crippen LogP contribution in [0.25, 0.3) is 0 Å². The van der Waals surface area contributed by atoms with Crippen LogP contribution >= 0.6 is 0 Å². The minimum Gasteiger partial charge on any atom is -0.444 e. The van der Waals surface area contributed by atoms with Gasteiger partial charge in [-0.05, 0) is 58.6 Å². The first-order chi connectivity index (χ1) is 19.3. The van der Waals surface area contributed by atoms with Crippen molar-refractivity contribution in [3.05, 3.63) is 70.8 Å². The van der Waals surface area contributed by atoms with Crippen LogP contribution in [0.15, 0.2) is 48.5 Å². The third-order valence-corrected chi connectivity index (χ3v) is 6.38. The van der Waals surface area contributed by atoms with E-state index in [0.29, 0.717) is 18.5 Å². The van der Waals surface area contributed by atoms with Crippen LogP contribution in [-0.2, 0) is 25.7 Å². The van der Waals surface area contributed by atoms with Gasteiger partial charge in [-0.15, -0.1) is 0 Å². The largest absolute Gasteiger partial charge is 0.444 e. The van der Waals surface area contributed by atoms with Crippen LogP contribution in [-0.4, -0.2) is 46.9 Å². The molecule has 2 rings (SSSR count). The molecule has 2 atom stereocenters. The zero-order chi connectivity index (χ0) is 30.6. The van der Waals surface area contributed by atoms with Crippen LogP contribution < -0.4 is 16.4 Å². The predicted molar refractivity (Wildman–Crippen MR) is 160 cm³/mol. The first kappa shape index (κ1) is 33.3. The number of rotatable bonds is 14. The number of benzene rings is 2. The number of nitrogens with one attached hydrogen (secondary N) is 2. The molecule has 0 aliphatic carbocycles. The minimum atomic E-state index is -1.12. The maximum absolute atomic E-state index is 14.2. The van der Waals surface area contributed by atoms with E-state index in [4.69, 9.17) is 10.5 Å². The molecule has 0 aliphatic heterocycles. The second kappa shape index (κ2) is 15.8. The Bertz CT molecular complexity index is 1160. The lowest BCUT2D eigenvalue weighted by atomic mass is 9.97. The van der Waals surface area contributed by atoms with E-state index >= 15 is 0 Å². The van der Waals surface area contributed by atoms with Gasteiger partial charge in [-0.1, -0.05) is 79.4 Å². The minimum absolute atomic E-state index is 0.0249. The summed E-state index contributed by atoms with van der Waals surface area (Å²) in [5, 5.41) is 5.64. The molecular formula is C32H46N4O5. The van der Waals surface area contributed by atoms with Gasteiger partial charge in [-0.25, -0.2) is 4.79 Å². The van der Waals surface area contributed by atoms with Crippen LogP contribution in [0.2, 0.25) is 0 Å². The number of hydrogen-bond donors (Lipinski definition) is 3. The SMILES string of the molecule is CCCCCN(C(=O)C(CCC(N)=O)NC(=O)OC(C)(C)C)C(C(=O)NCc1ccccc1)c1cc(C)cc(C)c1. The van der Waals surface area contributed by atoms with Crippen molar-refractivity contribution in [2.24, 2.45) is 5.73 Å². The van der Waals surface area contributed by atoms with E-state index in [1.165, 1.54) is 4.90 Å². The van der Waals surface area contributed by atoms with Crippen molar-refractivity contribution in [3.8, 4) is 0 Å². The number of ether oxygens (including phenoxy) is 1. The fourth-order valence-corrected chi connectivity index (χ4v) is 4.61. The lowest BCUT2D eigenvalue weighted by Crippen LogP contribution is -2.53. The molecule has 0 saturated heterocycles. The van der Waals surface area contributed by atoms with E-state index in [2.05, 4.69) is 17.6 Å². The highest BCUT2D eigenvalue weighted by molar-refractivity contribution is 5.92. The molecule has 0 aliphatic rings. The van der Waals surface area contributed by atoms with Crippen molar-refractivity contribution in [2.75, 3.05) is 6.54 Å². The molecule has 9 nitrogen and oxygen atoms in total. The van der Waals surface area contributed by atoms with E-state index in [-0.39, 0.29) is 25.3 Å². The Balaban J connectivity index is 2.53. The van der Waals surface area contributed by atoms with Crippen LogP contribution in [0.5, 0.6) is 0 Å². The van der Waals surface area contributed by atoms with Crippen molar-refractivity contribution >= 4 is 23.8 Å². The molecule has 0 saturated carbocycles. The van der Waals surface area contributed by atoms with Crippen molar-refractivity contribution in [2.45, 2.75) is 97.9 Å². The Hall–Kier alpha value is -3.88. The van der Waals surface area contributed by atoms with Gasteiger partial charge in [0.15, 0.2) is 0 Å². The van der Waals surface area contributed by atoms with Gasteiger partial charge < -0.3 is 26.0 Å². The van der Waals surface area contributed by atoms with Gasteiger partial charge in [0.2, 0.25) is 17.7 Å². The van der Waals surface area contributed by atoms with Crippen molar-refractivity contribution in [1.29, 1.82) is 0 Å². The van der Waals surface area contributed by atoms with E-state index in [1.54, 1.807) is 20.8 Å². The molecular weight excluding hydrogens is 520 g/mol. The first-order valence-corrected chi connectivity index (χ1v) is 14.3. The van der Waals surface area contributed by atoms with Crippen molar-refractivity contribution in [1.82, 2.24) is 15.5 Å². The average Bonchev–Trinajstić information content (AvgIpc) is 2.87. The van der Waals surface area contributed by atoms with Gasteiger partial charge in [0.1, 0.15) is 17.7 Å². The number of alkyl carbamates (subject to hydrolysis) is 1. The molecule has 0 fully saturated rings. The fraction of sp³-hybridized carbons (Fsp3) is 0.500. The number of aryl methyl sites for hydroxylation is 2. The summed E-state index contributed by atoms with van der Waals surface area (Å²) in [5.41, 5.74) is 8.12. The van der Waals surface area contributed by atoms with Gasteiger partial charge in [-0.3, -0.25) is 14.4 Å². The predicted octanol–water partition coefficient (Wildman–Crippen LogP) is 4.84. The number of carbonyl (C=O) groups excluding carboxylic acids is 4. The molecule has 0 heterocycles. The molecule has 41 heavy (non-hydrogen) atoms. The molecule has 224 valence electrons. The molecule has 4 amide bonds. The summed E-state index contributed by atoms with van der Waals surface area (Å²) in [6.07, 6.45) is 1.49. The lowest BCUT2D eigenvalue weighted by Gasteiger charge is -2.35. The molecule has 0 spiro atoms. The Labute approximate surface area is 244 Å². The van der Waals surface area contributed by atoms with E-state index in [0.717, 1.165) is 29.5 Å². The molecule has 2 aromatic rings. The summed E-state index contributed by atoms with van der Waals surface area (Å²) >= 11 is 0. The summed E-state index contributed by atoms with van der Waals surface area (Å²) < 4.78 is 5.40. The maximum Gasteiger partial charge on any atom is 0.408 e. The molecule has 9 heteroatoms. The number of unbranched alkanes of at least 4 members (excludes halogenated alkanes) is 2. The molecule has 0 aromatic heterocycles. The molecule has 2 unspecified atom stereocenters. The molecule has 2 aromatic carbocycles. The second-order valence-corrected chi connectivity index (χ2v) is 11.5. The zero-order valence-electron chi connectivity index (χ0n) is 25.3. The highest BCUT2D eigenvalue weighted by Crippen LogP contribution is 2.26. The van der Waals surface area contributed by atoms with Gasteiger partial charge in [0.05, 0.1) is 0 Å². The van der Waals surface area contributed by atoms with Crippen LogP contribution in [0, 0.1) is 13.8 Å². The number of primary amides is 1. The second-order valence-electron chi connectivity index (χ2n) is 11.5. The number of amides is 4. The fourth-order valence-electron chi connectivity index (χ4n) is 4.61. The van der Waals surface area contributed by atoms with Crippen molar-refractivity contribution in [3.63, 3.8) is 0 Å². The lowest BCUT2D eigenvalue weighted by molar-refractivity contribution is -0.143. The van der Waals surface area contributed by atoms with Gasteiger partial charge in [0, 0.05) is 19.5 Å². The Kier molecular flexibility index (Phi) is 12.8. The normalized spacial score (nSPS) is 12.6. The Morgan fingerprint density at radius 3 is 2.17 bits per heavy atom. The van der Waals surface area contributed by atoms with E-state index < -0.39 is 35.6 Å². The number of carbonyl (C=O) groups is 4. The number of nitrogens with two attached hydrogens (primary N) is 1. The smallest absolute Gasteiger partial charge is 0.408 e. The average molecular weight is 567 g/mol. The third kappa shape index (κ3) is 11.6. The zero-order valence-corrected chi connectivity index (χ0v) is 25.3. The highest BCUT2D eigenvalue weighted by atomic mass is 16.6. The van der Waals surface area contributed by atoms with E-state index in [9.17, 15) is 19.2 Å². The number of nitrogens with zero attached hydrogens (tertiary/aromatic N) is 1.